The van der Waals surface area contributed by atoms with Gasteiger partial charge in [-0.1, -0.05) is 36.0 Å². The lowest BCUT2D eigenvalue weighted by atomic mass is 10.3. The highest BCUT2D eigenvalue weighted by molar-refractivity contribution is 8.01. The maximum absolute atomic E-state index is 12.6. The number of nitrogens with one attached hydrogen (secondary N) is 2. The second-order valence-electron chi connectivity index (χ2n) is 5.60. The standard InChI is InChI=1S/C17H15N5OS/c23-15(19-12-6-2-1-3-7-12)17(9-10-17)24-16-20-14(21-22-16)13-8-4-5-11-18-13/h1-8,11H,9-10H2,(H,19,23)(H,20,21,22). The molecule has 0 saturated heterocycles. The van der Waals surface area contributed by atoms with Gasteiger partial charge in [-0.05, 0) is 37.1 Å². The Morgan fingerprint density at radius 1 is 1.12 bits per heavy atom. The van der Waals surface area contributed by atoms with Crippen LogP contribution < -0.4 is 5.32 Å². The van der Waals surface area contributed by atoms with Crippen LogP contribution >= 0.6 is 11.8 Å². The van der Waals surface area contributed by atoms with Crippen molar-refractivity contribution in [3.8, 4) is 11.5 Å². The summed E-state index contributed by atoms with van der Waals surface area (Å²) in [6.45, 7) is 0. The third-order valence-electron chi connectivity index (χ3n) is 3.81. The summed E-state index contributed by atoms with van der Waals surface area (Å²) in [5.74, 6) is 0.611. The summed E-state index contributed by atoms with van der Waals surface area (Å²) < 4.78 is -0.473. The molecule has 1 saturated carbocycles. The lowest BCUT2D eigenvalue weighted by Crippen LogP contribution is -2.26. The van der Waals surface area contributed by atoms with Gasteiger partial charge in [-0.3, -0.25) is 14.9 Å². The zero-order valence-corrected chi connectivity index (χ0v) is 13.6. The van der Waals surface area contributed by atoms with Crippen LogP contribution in [-0.4, -0.2) is 30.8 Å². The Morgan fingerprint density at radius 3 is 2.62 bits per heavy atom. The van der Waals surface area contributed by atoms with Gasteiger partial charge in [0.05, 0.1) is 0 Å². The van der Waals surface area contributed by atoms with Gasteiger partial charge in [0.1, 0.15) is 10.4 Å². The molecule has 1 aromatic carbocycles. The molecule has 0 spiro atoms. The van der Waals surface area contributed by atoms with Gasteiger partial charge >= 0.3 is 0 Å². The third-order valence-corrected chi connectivity index (χ3v) is 5.16. The van der Waals surface area contributed by atoms with Crippen molar-refractivity contribution >= 4 is 23.4 Å². The first-order valence-electron chi connectivity index (χ1n) is 7.65. The smallest absolute Gasteiger partial charge is 0.241 e. The highest BCUT2D eigenvalue weighted by atomic mass is 32.2. The molecule has 24 heavy (non-hydrogen) atoms. The number of H-pyrrole nitrogens is 1. The van der Waals surface area contributed by atoms with Gasteiger partial charge < -0.3 is 5.32 Å². The second kappa shape index (κ2) is 6.09. The molecule has 2 N–H and O–H groups in total. The van der Waals surface area contributed by atoms with E-state index >= 15 is 0 Å². The van der Waals surface area contributed by atoms with E-state index in [1.54, 1.807) is 6.20 Å². The molecule has 1 aliphatic carbocycles. The first-order valence-corrected chi connectivity index (χ1v) is 8.46. The average Bonchev–Trinajstić information content (AvgIpc) is 3.26. The van der Waals surface area contributed by atoms with Gasteiger partial charge in [-0.15, -0.1) is 5.10 Å². The zero-order valence-electron chi connectivity index (χ0n) is 12.8. The number of aromatic nitrogens is 4. The zero-order chi connectivity index (χ0) is 16.4. The van der Waals surface area contributed by atoms with E-state index in [9.17, 15) is 4.79 Å². The topological polar surface area (TPSA) is 83.6 Å². The fourth-order valence-corrected chi connectivity index (χ4v) is 3.37. The maximum Gasteiger partial charge on any atom is 0.241 e. The Bertz CT molecular complexity index is 846. The average molecular weight is 337 g/mol. The number of nitrogens with zero attached hydrogens (tertiary/aromatic N) is 3. The number of rotatable bonds is 5. The number of thioether (sulfide) groups is 1. The van der Waals surface area contributed by atoms with Gasteiger partial charge in [0.2, 0.25) is 11.1 Å². The minimum Gasteiger partial charge on any atom is -0.325 e. The number of anilines is 1. The van der Waals surface area contributed by atoms with Crippen LogP contribution in [0.25, 0.3) is 11.5 Å². The number of aromatic amines is 1. The number of hydrogen-bond donors (Lipinski definition) is 2. The largest absolute Gasteiger partial charge is 0.325 e. The Kier molecular flexibility index (Phi) is 3.78. The molecule has 1 fully saturated rings. The summed E-state index contributed by atoms with van der Waals surface area (Å²) in [5.41, 5.74) is 1.54. The van der Waals surface area contributed by atoms with Crippen LogP contribution in [0.1, 0.15) is 12.8 Å². The number of hydrogen-bond acceptors (Lipinski definition) is 5. The lowest BCUT2D eigenvalue weighted by molar-refractivity contribution is -0.116. The van der Waals surface area contributed by atoms with Crippen molar-refractivity contribution in [2.24, 2.45) is 0 Å². The molecule has 2 heterocycles. The fraction of sp³-hybridized carbons (Fsp3) is 0.176. The molecule has 2 aromatic heterocycles. The summed E-state index contributed by atoms with van der Waals surface area (Å²) in [6.07, 6.45) is 3.36. The van der Waals surface area contributed by atoms with E-state index in [2.05, 4.69) is 25.5 Å². The Balaban J connectivity index is 1.47. The Morgan fingerprint density at radius 2 is 1.92 bits per heavy atom. The van der Waals surface area contributed by atoms with Crippen molar-refractivity contribution in [2.45, 2.75) is 22.7 Å². The molecule has 1 aliphatic rings. The van der Waals surface area contributed by atoms with Crippen LogP contribution in [0.3, 0.4) is 0 Å². The summed E-state index contributed by atoms with van der Waals surface area (Å²) >= 11 is 1.41. The maximum atomic E-state index is 12.6. The van der Waals surface area contributed by atoms with Crippen LogP contribution in [0.15, 0.2) is 59.9 Å². The Hall–Kier alpha value is -2.67. The molecule has 0 aliphatic heterocycles. The van der Waals surface area contributed by atoms with Crippen molar-refractivity contribution < 1.29 is 4.79 Å². The summed E-state index contributed by atoms with van der Waals surface area (Å²) in [4.78, 5) is 21.3. The van der Waals surface area contributed by atoms with Crippen molar-refractivity contribution in [3.05, 3.63) is 54.7 Å². The molecule has 3 aromatic rings. The minimum absolute atomic E-state index is 0.00267. The highest BCUT2D eigenvalue weighted by Crippen LogP contribution is 2.51. The summed E-state index contributed by atoms with van der Waals surface area (Å²) in [5, 5.41) is 10.6. The van der Waals surface area contributed by atoms with Crippen molar-refractivity contribution in [1.29, 1.82) is 0 Å². The van der Waals surface area contributed by atoms with E-state index in [1.807, 2.05) is 48.5 Å². The van der Waals surface area contributed by atoms with Crippen LogP contribution in [-0.2, 0) is 4.79 Å². The third kappa shape index (κ3) is 3.03. The predicted octanol–water partition coefficient (Wildman–Crippen LogP) is 3.13. The number of pyridine rings is 1. The number of para-hydroxylation sites is 1. The number of carbonyl (C=O) groups is 1. The molecule has 0 atom stereocenters. The van der Waals surface area contributed by atoms with Crippen molar-refractivity contribution in [3.63, 3.8) is 0 Å². The first kappa shape index (κ1) is 14.9. The molecule has 0 bridgehead atoms. The molecular formula is C17H15N5OS. The van der Waals surface area contributed by atoms with Crippen LogP contribution in [0, 0.1) is 0 Å². The van der Waals surface area contributed by atoms with Gasteiger partial charge in [0.15, 0.2) is 5.82 Å². The molecular weight excluding hydrogens is 322 g/mol. The first-order chi connectivity index (χ1) is 11.8. The van der Waals surface area contributed by atoms with Crippen LogP contribution in [0.4, 0.5) is 5.69 Å². The Labute approximate surface area is 143 Å². The number of carbonyl (C=O) groups excluding carboxylic acids is 1. The fourth-order valence-electron chi connectivity index (χ4n) is 2.34. The second-order valence-corrected chi connectivity index (χ2v) is 6.95. The quantitative estimate of drug-likeness (QED) is 0.747. The molecule has 4 rings (SSSR count). The number of benzene rings is 1. The van der Waals surface area contributed by atoms with Crippen LogP contribution in [0.2, 0.25) is 0 Å². The van der Waals surface area contributed by atoms with E-state index in [1.165, 1.54) is 11.8 Å². The van der Waals surface area contributed by atoms with Gasteiger partial charge in [-0.25, -0.2) is 0 Å². The normalized spacial score (nSPS) is 15.0. The van der Waals surface area contributed by atoms with Crippen molar-refractivity contribution in [1.82, 2.24) is 20.2 Å². The van der Waals surface area contributed by atoms with Gasteiger partial charge in [0, 0.05) is 11.9 Å². The monoisotopic (exact) mass is 337 g/mol. The highest BCUT2D eigenvalue weighted by Gasteiger charge is 2.52. The molecule has 7 heteroatoms. The van der Waals surface area contributed by atoms with Crippen LogP contribution in [0.5, 0.6) is 0 Å². The van der Waals surface area contributed by atoms with E-state index in [-0.39, 0.29) is 5.91 Å². The van der Waals surface area contributed by atoms with E-state index in [0.717, 1.165) is 24.2 Å². The molecule has 120 valence electrons. The lowest BCUT2D eigenvalue weighted by Gasteiger charge is -2.12. The molecule has 0 unspecified atom stereocenters. The summed E-state index contributed by atoms with van der Waals surface area (Å²) in [6, 6.07) is 15.1. The van der Waals surface area contributed by atoms with Crippen molar-refractivity contribution in [2.75, 3.05) is 5.32 Å². The summed E-state index contributed by atoms with van der Waals surface area (Å²) in [7, 11) is 0. The molecule has 6 nitrogen and oxygen atoms in total. The SMILES string of the molecule is O=C(Nc1ccccc1)C1(Sc2n[nH]c(-c3ccccn3)n2)CC1. The molecule has 1 amide bonds. The molecule has 0 radical (unpaired) electrons. The van der Waals surface area contributed by atoms with E-state index < -0.39 is 4.75 Å². The minimum atomic E-state index is -0.473. The van der Waals surface area contributed by atoms with E-state index in [0.29, 0.717) is 11.0 Å². The van der Waals surface area contributed by atoms with Gasteiger partial charge in [-0.2, -0.15) is 4.98 Å². The number of amides is 1. The van der Waals surface area contributed by atoms with Gasteiger partial charge in [0.25, 0.3) is 0 Å². The predicted molar refractivity (Wildman–Crippen MR) is 92.5 cm³/mol. The van der Waals surface area contributed by atoms with E-state index in [4.69, 9.17) is 0 Å².